The molecule has 1 rings (SSSR count). The Morgan fingerprint density at radius 2 is 1.90 bits per heavy atom. The van der Waals surface area contributed by atoms with Gasteiger partial charge in [0, 0.05) is 18.6 Å². The summed E-state index contributed by atoms with van der Waals surface area (Å²) >= 11 is 0. The minimum atomic E-state index is 0.730. The lowest BCUT2D eigenvalue weighted by atomic mass is 9.76. The van der Waals surface area contributed by atoms with E-state index in [1.807, 2.05) is 0 Å². The van der Waals surface area contributed by atoms with E-state index in [9.17, 15) is 0 Å². The highest BCUT2D eigenvalue weighted by atomic mass is 15.1. The zero-order valence-corrected chi connectivity index (χ0v) is 14.6. The Bertz CT molecular complexity index is 242. The van der Waals surface area contributed by atoms with Gasteiger partial charge in [0.1, 0.15) is 0 Å². The van der Waals surface area contributed by atoms with Crippen LogP contribution in [0.15, 0.2) is 0 Å². The van der Waals surface area contributed by atoms with Gasteiger partial charge < -0.3 is 10.2 Å². The summed E-state index contributed by atoms with van der Waals surface area (Å²) in [5.41, 5.74) is 0. The lowest BCUT2D eigenvalue weighted by Crippen LogP contribution is -2.47. The molecule has 1 aliphatic rings. The van der Waals surface area contributed by atoms with Crippen molar-refractivity contribution in [3.8, 4) is 0 Å². The molecular formula is C18H38N2. The van der Waals surface area contributed by atoms with Gasteiger partial charge >= 0.3 is 0 Å². The molecule has 0 bridgehead atoms. The van der Waals surface area contributed by atoms with Crippen molar-refractivity contribution in [2.75, 3.05) is 19.6 Å². The van der Waals surface area contributed by atoms with Gasteiger partial charge in [-0.25, -0.2) is 0 Å². The molecule has 0 aromatic carbocycles. The van der Waals surface area contributed by atoms with Gasteiger partial charge in [-0.15, -0.1) is 0 Å². The summed E-state index contributed by atoms with van der Waals surface area (Å²) in [4.78, 5) is 2.70. The van der Waals surface area contributed by atoms with Gasteiger partial charge in [0.25, 0.3) is 0 Å². The topological polar surface area (TPSA) is 15.3 Å². The van der Waals surface area contributed by atoms with Crippen LogP contribution >= 0.6 is 0 Å². The van der Waals surface area contributed by atoms with Crippen LogP contribution < -0.4 is 5.32 Å². The second-order valence-electron chi connectivity index (χ2n) is 6.75. The fourth-order valence-electron chi connectivity index (χ4n) is 3.71. The highest BCUT2D eigenvalue weighted by Gasteiger charge is 2.31. The molecule has 0 amide bonds. The van der Waals surface area contributed by atoms with Crippen molar-refractivity contribution in [3.63, 3.8) is 0 Å². The summed E-state index contributed by atoms with van der Waals surface area (Å²) in [6.07, 6.45) is 8.15. The standard InChI is InChI=1S/C18H38N2/c1-6-12-19-18-11-10-16(8-3)13-17(18)14-20(9-4)15(5)7-2/h15-19H,6-14H2,1-5H3. The minimum absolute atomic E-state index is 0.730. The van der Waals surface area contributed by atoms with E-state index in [0.29, 0.717) is 0 Å². The third-order valence-corrected chi connectivity index (χ3v) is 5.41. The minimum Gasteiger partial charge on any atom is -0.314 e. The van der Waals surface area contributed by atoms with Crippen molar-refractivity contribution in [1.82, 2.24) is 10.2 Å². The average molecular weight is 283 g/mol. The molecule has 0 aliphatic heterocycles. The van der Waals surface area contributed by atoms with Crippen LogP contribution in [0.4, 0.5) is 0 Å². The molecule has 1 N–H and O–H groups in total. The fraction of sp³-hybridized carbons (Fsp3) is 1.00. The van der Waals surface area contributed by atoms with Gasteiger partial charge in [-0.1, -0.05) is 34.1 Å². The number of hydrogen-bond acceptors (Lipinski definition) is 2. The lowest BCUT2D eigenvalue weighted by molar-refractivity contribution is 0.116. The van der Waals surface area contributed by atoms with Crippen molar-refractivity contribution < 1.29 is 0 Å². The Morgan fingerprint density at radius 3 is 2.45 bits per heavy atom. The Labute approximate surface area is 127 Å². The fourth-order valence-corrected chi connectivity index (χ4v) is 3.71. The molecule has 4 unspecified atom stereocenters. The van der Waals surface area contributed by atoms with Gasteiger partial charge in [-0.05, 0) is 64.0 Å². The summed E-state index contributed by atoms with van der Waals surface area (Å²) in [6, 6.07) is 1.49. The Morgan fingerprint density at radius 1 is 1.15 bits per heavy atom. The van der Waals surface area contributed by atoms with E-state index in [4.69, 9.17) is 0 Å². The van der Waals surface area contributed by atoms with Crippen molar-refractivity contribution in [3.05, 3.63) is 0 Å². The van der Waals surface area contributed by atoms with Crippen molar-refractivity contribution in [1.29, 1.82) is 0 Å². The number of hydrogen-bond donors (Lipinski definition) is 1. The first-order chi connectivity index (χ1) is 9.65. The predicted molar refractivity (Wildman–Crippen MR) is 90.2 cm³/mol. The number of nitrogens with one attached hydrogen (secondary N) is 1. The quantitative estimate of drug-likeness (QED) is 0.678. The van der Waals surface area contributed by atoms with E-state index < -0.39 is 0 Å². The molecule has 1 saturated carbocycles. The first-order valence-corrected chi connectivity index (χ1v) is 9.13. The average Bonchev–Trinajstić information content (AvgIpc) is 2.50. The SMILES string of the molecule is CCCNC1CCC(CC)CC1CN(CC)C(C)CC. The zero-order chi connectivity index (χ0) is 15.0. The van der Waals surface area contributed by atoms with E-state index in [-0.39, 0.29) is 0 Å². The van der Waals surface area contributed by atoms with Gasteiger partial charge in [0.15, 0.2) is 0 Å². The summed E-state index contributed by atoms with van der Waals surface area (Å²) in [5.74, 6) is 1.82. The van der Waals surface area contributed by atoms with E-state index >= 15 is 0 Å². The third-order valence-electron chi connectivity index (χ3n) is 5.41. The summed E-state index contributed by atoms with van der Waals surface area (Å²) in [6.45, 7) is 15.3. The van der Waals surface area contributed by atoms with Crippen LogP contribution in [0.2, 0.25) is 0 Å². The van der Waals surface area contributed by atoms with E-state index in [0.717, 1.165) is 23.9 Å². The van der Waals surface area contributed by atoms with Gasteiger partial charge in [-0.3, -0.25) is 0 Å². The monoisotopic (exact) mass is 282 g/mol. The first-order valence-electron chi connectivity index (χ1n) is 9.13. The van der Waals surface area contributed by atoms with Crippen LogP contribution in [0.1, 0.15) is 73.1 Å². The Hall–Kier alpha value is -0.0800. The van der Waals surface area contributed by atoms with E-state index in [1.165, 1.54) is 58.2 Å². The smallest absolute Gasteiger partial charge is 0.0108 e. The Balaban J connectivity index is 2.61. The molecule has 20 heavy (non-hydrogen) atoms. The third kappa shape index (κ3) is 5.37. The first kappa shape index (κ1) is 18.0. The second kappa shape index (κ2) is 9.78. The van der Waals surface area contributed by atoms with Crippen molar-refractivity contribution in [2.45, 2.75) is 85.2 Å². The molecule has 0 heterocycles. The molecule has 0 radical (unpaired) electrons. The number of nitrogens with zero attached hydrogens (tertiary/aromatic N) is 1. The van der Waals surface area contributed by atoms with E-state index in [1.54, 1.807) is 0 Å². The maximum atomic E-state index is 3.83. The van der Waals surface area contributed by atoms with Crippen LogP contribution in [0.25, 0.3) is 0 Å². The van der Waals surface area contributed by atoms with Gasteiger partial charge in [0.05, 0.1) is 0 Å². The molecule has 0 aromatic rings. The Kier molecular flexibility index (Phi) is 8.79. The molecule has 1 fully saturated rings. The van der Waals surface area contributed by atoms with Crippen LogP contribution in [-0.2, 0) is 0 Å². The maximum Gasteiger partial charge on any atom is 0.0108 e. The molecule has 4 atom stereocenters. The van der Waals surface area contributed by atoms with Gasteiger partial charge in [-0.2, -0.15) is 0 Å². The molecule has 1 aliphatic carbocycles. The van der Waals surface area contributed by atoms with Crippen molar-refractivity contribution in [2.24, 2.45) is 11.8 Å². The molecule has 120 valence electrons. The van der Waals surface area contributed by atoms with Crippen LogP contribution in [0, 0.1) is 11.8 Å². The molecular weight excluding hydrogens is 244 g/mol. The lowest BCUT2D eigenvalue weighted by Gasteiger charge is -2.40. The summed E-state index contributed by atoms with van der Waals surface area (Å²) in [5, 5.41) is 3.83. The normalized spacial score (nSPS) is 28.8. The maximum absolute atomic E-state index is 3.83. The van der Waals surface area contributed by atoms with Crippen LogP contribution in [-0.4, -0.2) is 36.6 Å². The van der Waals surface area contributed by atoms with Crippen LogP contribution in [0.3, 0.4) is 0 Å². The van der Waals surface area contributed by atoms with Gasteiger partial charge in [0.2, 0.25) is 0 Å². The molecule has 0 saturated heterocycles. The molecule has 2 heteroatoms. The molecule has 2 nitrogen and oxygen atoms in total. The largest absolute Gasteiger partial charge is 0.314 e. The summed E-state index contributed by atoms with van der Waals surface area (Å²) < 4.78 is 0. The number of rotatable bonds is 9. The zero-order valence-electron chi connectivity index (χ0n) is 14.6. The highest BCUT2D eigenvalue weighted by Crippen LogP contribution is 2.32. The molecule has 0 aromatic heterocycles. The summed E-state index contributed by atoms with van der Waals surface area (Å²) in [7, 11) is 0. The van der Waals surface area contributed by atoms with Crippen molar-refractivity contribution >= 4 is 0 Å². The van der Waals surface area contributed by atoms with E-state index in [2.05, 4.69) is 44.8 Å². The highest BCUT2D eigenvalue weighted by molar-refractivity contribution is 4.87. The second-order valence-corrected chi connectivity index (χ2v) is 6.75. The molecule has 0 spiro atoms. The van der Waals surface area contributed by atoms with Crippen LogP contribution in [0.5, 0.6) is 0 Å². The predicted octanol–water partition coefficient (Wildman–Crippen LogP) is 4.30.